The first kappa shape index (κ1) is 24.2. The van der Waals surface area contributed by atoms with E-state index in [-0.39, 0.29) is 16.9 Å². The van der Waals surface area contributed by atoms with E-state index in [0.717, 1.165) is 0 Å². The van der Waals surface area contributed by atoms with Crippen molar-refractivity contribution in [3.05, 3.63) is 88.5 Å². The highest BCUT2D eigenvalue weighted by molar-refractivity contribution is 6.51. The maximum atomic E-state index is 13.3. The van der Waals surface area contributed by atoms with Gasteiger partial charge in [0.15, 0.2) is 0 Å². The number of hydrogen-bond acceptors (Lipinski definition) is 6. The van der Waals surface area contributed by atoms with E-state index in [1.54, 1.807) is 66.7 Å². The number of ether oxygens (including phenoxy) is 3. The van der Waals surface area contributed by atoms with Crippen LogP contribution in [0.15, 0.2) is 72.3 Å². The van der Waals surface area contributed by atoms with Crippen LogP contribution in [0.1, 0.15) is 24.1 Å². The largest absolute Gasteiger partial charge is 0.507 e. The summed E-state index contributed by atoms with van der Waals surface area (Å²) in [5.74, 6) is -0.525. The van der Waals surface area contributed by atoms with Crippen LogP contribution in [0.4, 0.5) is 5.69 Å². The number of rotatable bonds is 7. The fourth-order valence-electron chi connectivity index (χ4n) is 4.07. The summed E-state index contributed by atoms with van der Waals surface area (Å²) < 4.78 is 16.2. The van der Waals surface area contributed by atoms with Crippen molar-refractivity contribution in [1.29, 1.82) is 0 Å². The average Bonchev–Trinajstić information content (AvgIpc) is 3.14. The average molecular weight is 494 g/mol. The highest BCUT2D eigenvalue weighted by Gasteiger charge is 2.47. The van der Waals surface area contributed by atoms with Crippen molar-refractivity contribution >= 4 is 34.7 Å². The number of hydrogen-bond donors (Lipinski definition) is 1. The summed E-state index contributed by atoms with van der Waals surface area (Å²) in [4.78, 5) is 28.0. The Balaban J connectivity index is 1.94. The second-order valence-electron chi connectivity index (χ2n) is 7.71. The van der Waals surface area contributed by atoms with Gasteiger partial charge in [0, 0.05) is 10.7 Å². The minimum absolute atomic E-state index is 0.0688. The third-order valence-electron chi connectivity index (χ3n) is 5.72. The second kappa shape index (κ2) is 10.1. The molecule has 1 unspecified atom stereocenters. The van der Waals surface area contributed by atoms with Crippen LogP contribution in [0.5, 0.6) is 17.2 Å². The van der Waals surface area contributed by atoms with Crippen LogP contribution in [-0.4, -0.2) is 37.6 Å². The van der Waals surface area contributed by atoms with Gasteiger partial charge in [-0.1, -0.05) is 23.7 Å². The molecule has 0 aliphatic carbocycles. The predicted octanol–water partition coefficient (Wildman–Crippen LogP) is 5.38. The van der Waals surface area contributed by atoms with Crippen molar-refractivity contribution in [2.45, 2.75) is 13.0 Å². The molecule has 1 heterocycles. The number of methoxy groups -OCH3 is 2. The number of carbonyl (C=O) groups is 2. The lowest BCUT2D eigenvalue weighted by atomic mass is 9.94. The molecule has 0 saturated carbocycles. The summed E-state index contributed by atoms with van der Waals surface area (Å²) in [5, 5.41) is 11.9. The van der Waals surface area contributed by atoms with Crippen LogP contribution < -0.4 is 19.1 Å². The van der Waals surface area contributed by atoms with Gasteiger partial charge in [-0.15, -0.1) is 0 Å². The number of aliphatic hydroxyl groups excluding tert-OH is 1. The van der Waals surface area contributed by atoms with E-state index in [0.29, 0.717) is 40.1 Å². The van der Waals surface area contributed by atoms with Crippen LogP contribution in [0.2, 0.25) is 5.02 Å². The fourth-order valence-corrected chi connectivity index (χ4v) is 4.20. The summed E-state index contributed by atoms with van der Waals surface area (Å²) in [6.07, 6.45) is 0. The van der Waals surface area contributed by atoms with Crippen LogP contribution in [0, 0.1) is 0 Å². The van der Waals surface area contributed by atoms with Gasteiger partial charge in [-0.25, -0.2) is 0 Å². The first-order valence-corrected chi connectivity index (χ1v) is 11.3. The van der Waals surface area contributed by atoms with Crippen molar-refractivity contribution in [2.24, 2.45) is 0 Å². The van der Waals surface area contributed by atoms with Gasteiger partial charge >= 0.3 is 0 Å². The molecule has 0 radical (unpaired) electrons. The van der Waals surface area contributed by atoms with Crippen LogP contribution in [0.3, 0.4) is 0 Å². The summed E-state index contributed by atoms with van der Waals surface area (Å²) >= 11 is 6.05. The van der Waals surface area contributed by atoms with Crippen molar-refractivity contribution in [1.82, 2.24) is 0 Å². The van der Waals surface area contributed by atoms with Crippen LogP contribution >= 0.6 is 11.6 Å². The molecule has 1 amide bonds. The quantitative estimate of drug-likeness (QED) is 0.270. The Kier molecular flexibility index (Phi) is 6.98. The molecule has 7 nitrogen and oxygen atoms in total. The Morgan fingerprint density at radius 2 is 1.60 bits per heavy atom. The molecular formula is C27H24ClNO6. The molecule has 1 atom stereocenters. The highest BCUT2D eigenvalue weighted by Crippen LogP contribution is 2.44. The molecule has 1 saturated heterocycles. The molecule has 1 aliphatic heterocycles. The summed E-state index contributed by atoms with van der Waals surface area (Å²) in [7, 11) is 2.94. The van der Waals surface area contributed by atoms with E-state index in [1.807, 2.05) is 6.92 Å². The van der Waals surface area contributed by atoms with Crippen molar-refractivity contribution in [3.63, 3.8) is 0 Å². The van der Waals surface area contributed by atoms with Crippen LogP contribution in [-0.2, 0) is 9.59 Å². The topological polar surface area (TPSA) is 85.3 Å². The molecule has 35 heavy (non-hydrogen) atoms. The monoisotopic (exact) mass is 493 g/mol. The van der Waals surface area contributed by atoms with E-state index in [9.17, 15) is 14.7 Å². The highest BCUT2D eigenvalue weighted by atomic mass is 35.5. The van der Waals surface area contributed by atoms with Crippen LogP contribution in [0.25, 0.3) is 5.76 Å². The number of Topliss-reactive ketones (excluding diaryl/α,β-unsaturated/α-hetero) is 1. The molecule has 8 heteroatoms. The number of nitrogens with zero attached hydrogens (tertiary/aromatic N) is 1. The molecule has 1 aliphatic rings. The predicted molar refractivity (Wildman–Crippen MR) is 133 cm³/mol. The second-order valence-corrected chi connectivity index (χ2v) is 8.15. The van der Waals surface area contributed by atoms with Gasteiger partial charge in [-0.2, -0.15) is 0 Å². The standard InChI is InChI=1S/C27H24ClNO6/c1-4-35-19-11-5-16(6-12-19)24-23(25(30)21-15-20(33-2)13-14-22(21)34-3)26(31)27(32)29(24)18-9-7-17(28)8-10-18/h5-15,24,30H,4H2,1-3H3/b25-23+. The third kappa shape index (κ3) is 4.55. The first-order valence-electron chi connectivity index (χ1n) is 10.9. The molecule has 3 aromatic rings. The molecular weight excluding hydrogens is 470 g/mol. The molecule has 1 N–H and O–H groups in total. The van der Waals surface area contributed by atoms with Crippen molar-refractivity contribution < 1.29 is 28.9 Å². The van der Waals surface area contributed by atoms with E-state index in [2.05, 4.69) is 0 Å². The normalized spacial score (nSPS) is 16.9. The molecule has 1 fully saturated rings. The molecule has 0 aromatic heterocycles. The summed E-state index contributed by atoms with van der Waals surface area (Å²) in [5.41, 5.74) is 1.25. The number of carbonyl (C=O) groups excluding carboxylic acids is 2. The molecule has 3 aromatic carbocycles. The number of aliphatic hydroxyl groups is 1. The first-order chi connectivity index (χ1) is 16.9. The van der Waals surface area contributed by atoms with E-state index in [1.165, 1.54) is 19.1 Å². The SMILES string of the molecule is CCOc1ccc(C2/C(=C(\O)c3cc(OC)ccc3OC)C(=O)C(=O)N2c2ccc(Cl)cc2)cc1. The molecule has 0 bridgehead atoms. The zero-order valence-corrected chi connectivity index (χ0v) is 20.2. The summed E-state index contributed by atoms with van der Waals surface area (Å²) in [6.45, 7) is 2.38. The number of benzene rings is 3. The number of amides is 1. The van der Waals surface area contributed by atoms with Gasteiger partial charge < -0.3 is 19.3 Å². The Labute approximate surface area is 208 Å². The third-order valence-corrected chi connectivity index (χ3v) is 5.97. The zero-order valence-electron chi connectivity index (χ0n) is 19.4. The van der Waals surface area contributed by atoms with E-state index in [4.69, 9.17) is 25.8 Å². The lowest BCUT2D eigenvalue weighted by Gasteiger charge is -2.26. The van der Waals surface area contributed by atoms with Crippen molar-refractivity contribution in [2.75, 3.05) is 25.7 Å². The zero-order chi connectivity index (χ0) is 25.1. The molecule has 4 rings (SSSR count). The van der Waals surface area contributed by atoms with Gasteiger partial charge in [0.25, 0.3) is 11.7 Å². The fraction of sp³-hybridized carbons (Fsp3) is 0.185. The molecule has 180 valence electrons. The lowest BCUT2D eigenvalue weighted by molar-refractivity contribution is -0.132. The Hall–Kier alpha value is -3.97. The van der Waals surface area contributed by atoms with Gasteiger partial charge in [0.1, 0.15) is 23.0 Å². The Morgan fingerprint density at radius 1 is 0.943 bits per heavy atom. The minimum Gasteiger partial charge on any atom is -0.507 e. The maximum Gasteiger partial charge on any atom is 0.300 e. The van der Waals surface area contributed by atoms with Gasteiger partial charge in [-0.05, 0) is 67.1 Å². The number of halogens is 1. The van der Waals surface area contributed by atoms with Gasteiger partial charge in [-0.3, -0.25) is 14.5 Å². The Morgan fingerprint density at radius 3 is 2.20 bits per heavy atom. The smallest absolute Gasteiger partial charge is 0.300 e. The van der Waals surface area contributed by atoms with Gasteiger partial charge in [0.05, 0.1) is 38.0 Å². The van der Waals surface area contributed by atoms with E-state index < -0.39 is 17.7 Å². The lowest BCUT2D eigenvalue weighted by Crippen LogP contribution is -2.29. The minimum atomic E-state index is -0.900. The Bertz CT molecular complexity index is 1280. The van der Waals surface area contributed by atoms with E-state index >= 15 is 0 Å². The molecule has 0 spiro atoms. The van der Waals surface area contributed by atoms with Gasteiger partial charge in [0.2, 0.25) is 0 Å². The van der Waals surface area contributed by atoms with Crippen molar-refractivity contribution in [3.8, 4) is 17.2 Å². The summed E-state index contributed by atoms with van der Waals surface area (Å²) in [6, 6.07) is 17.6. The number of ketones is 1. The maximum absolute atomic E-state index is 13.3. The number of anilines is 1.